The molecule has 0 atom stereocenters. The van der Waals surface area contributed by atoms with Gasteiger partial charge in [0.05, 0.1) is 6.61 Å². The molecule has 0 amide bonds. The Bertz CT molecular complexity index is 565. The molecule has 1 aromatic carbocycles. The first-order valence-corrected chi connectivity index (χ1v) is 7.98. The van der Waals surface area contributed by atoms with Crippen molar-refractivity contribution in [2.75, 3.05) is 12.9 Å². The summed E-state index contributed by atoms with van der Waals surface area (Å²) in [5.41, 5.74) is 2.54. The quantitative estimate of drug-likeness (QED) is 0.796. The van der Waals surface area contributed by atoms with Gasteiger partial charge in [0, 0.05) is 0 Å². The second kappa shape index (κ2) is 6.30. The molecule has 1 aliphatic heterocycles. The number of hydrogen-bond donors (Lipinski definition) is 0. The summed E-state index contributed by atoms with van der Waals surface area (Å²) >= 11 is 2.68. The van der Waals surface area contributed by atoms with E-state index in [1.807, 2.05) is 44.4 Å². The van der Waals surface area contributed by atoms with E-state index in [0.717, 1.165) is 21.3 Å². The molecule has 0 N–H and O–H groups in total. The third kappa shape index (κ3) is 3.42. The summed E-state index contributed by atoms with van der Waals surface area (Å²) < 4.78 is 6.30. The topological polar surface area (TPSA) is 38.7 Å². The lowest BCUT2D eigenvalue weighted by molar-refractivity contribution is -0.107. The number of aliphatic imine (C=N–C) groups is 1. The molecule has 100 valence electrons. The zero-order valence-corrected chi connectivity index (χ0v) is 12.7. The first-order chi connectivity index (χ1) is 9.13. The first kappa shape index (κ1) is 14.2. The molecule has 0 aromatic heterocycles. The molecule has 0 bridgehead atoms. The fourth-order valence-corrected chi connectivity index (χ4v) is 2.98. The maximum absolute atomic E-state index is 11.7. The summed E-state index contributed by atoms with van der Waals surface area (Å²) in [7, 11) is 0. The van der Waals surface area contributed by atoms with Crippen molar-refractivity contribution < 1.29 is 9.53 Å². The summed E-state index contributed by atoms with van der Waals surface area (Å²) in [6.07, 6.45) is 3.74. The van der Waals surface area contributed by atoms with Gasteiger partial charge in [-0.25, -0.2) is 4.99 Å². The lowest BCUT2D eigenvalue weighted by Crippen LogP contribution is -1.94. The van der Waals surface area contributed by atoms with E-state index in [-0.39, 0.29) is 5.12 Å². The van der Waals surface area contributed by atoms with Crippen molar-refractivity contribution in [1.82, 2.24) is 0 Å². The molecule has 0 spiro atoms. The van der Waals surface area contributed by atoms with E-state index in [0.29, 0.717) is 12.3 Å². The number of ether oxygens (including phenoxy) is 1. The average Bonchev–Trinajstić information content (AvgIpc) is 2.74. The van der Waals surface area contributed by atoms with Crippen LogP contribution >= 0.6 is 23.5 Å². The SMILES string of the molecule is CCOc1ccc(/C=C2\N=C(SC)SC2=O)cc1C. The van der Waals surface area contributed by atoms with Crippen LogP contribution in [0.2, 0.25) is 0 Å². The first-order valence-electron chi connectivity index (χ1n) is 5.94. The Kier molecular flexibility index (Phi) is 4.71. The highest BCUT2D eigenvalue weighted by molar-refractivity contribution is 8.45. The molecular formula is C14H15NO2S2. The van der Waals surface area contributed by atoms with Crippen LogP contribution in [0.5, 0.6) is 5.75 Å². The predicted octanol–water partition coefficient (Wildman–Crippen LogP) is 3.73. The Hall–Kier alpha value is -1.20. The predicted molar refractivity (Wildman–Crippen MR) is 83.9 cm³/mol. The summed E-state index contributed by atoms with van der Waals surface area (Å²) in [5, 5.41) is 0.0101. The molecule has 19 heavy (non-hydrogen) atoms. The Morgan fingerprint density at radius 1 is 1.47 bits per heavy atom. The fourth-order valence-electron chi connectivity index (χ4n) is 1.71. The van der Waals surface area contributed by atoms with Crippen molar-refractivity contribution in [3.8, 4) is 5.75 Å². The molecule has 2 rings (SSSR count). The summed E-state index contributed by atoms with van der Waals surface area (Å²) in [5.74, 6) is 0.880. The van der Waals surface area contributed by atoms with Crippen LogP contribution in [0.25, 0.3) is 6.08 Å². The monoisotopic (exact) mass is 293 g/mol. The third-order valence-electron chi connectivity index (χ3n) is 2.58. The Morgan fingerprint density at radius 2 is 2.26 bits per heavy atom. The van der Waals surface area contributed by atoms with Crippen molar-refractivity contribution in [3.05, 3.63) is 35.0 Å². The summed E-state index contributed by atoms with van der Waals surface area (Å²) in [4.78, 5) is 16.0. The van der Waals surface area contributed by atoms with E-state index in [1.54, 1.807) is 0 Å². The van der Waals surface area contributed by atoms with E-state index in [4.69, 9.17) is 4.74 Å². The molecule has 0 radical (unpaired) electrons. The number of rotatable bonds is 3. The molecule has 1 heterocycles. The van der Waals surface area contributed by atoms with Crippen LogP contribution < -0.4 is 4.74 Å². The number of carbonyl (C=O) groups excluding carboxylic acids is 1. The van der Waals surface area contributed by atoms with Gasteiger partial charge < -0.3 is 4.74 Å². The standard InChI is InChI=1S/C14H15NO2S2/c1-4-17-12-6-5-10(7-9(12)2)8-11-13(16)19-14(15-11)18-3/h5-8H,4H2,1-3H3/b11-8-. The molecule has 3 nitrogen and oxygen atoms in total. The number of carbonyl (C=O) groups is 1. The second-order valence-corrected chi connectivity index (χ2v) is 5.97. The van der Waals surface area contributed by atoms with Gasteiger partial charge in [0.15, 0.2) is 0 Å². The van der Waals surface area contributed by atoms with Crippen LogP contribution in [0.1, 0.15) is 18.1 Å². The fraction of sp³-hybridized carbons (Fsp3) is 0.286. The van der Waals surface area contributed by atoms with Gasteiger partial charge in [-0.2, -0.15) is 0 Å². The Labute approximate surface area is 121 Å². The molecule has 0 fully saturated rings. The summed E-state index contributed by atoms with van der Waals surface area (Å²) in [6, 6.07) is 5.87. The van der Waals surface area contributed by atoms with Crippen LogP contribution in [0.15, 0.2) is 28.9 Å². The molecule has 0 aliphatic carbocycles. The van der Waals surface area contributed by atoms with Crippen LogP contribution in [-0.4, -0.2) is 22.4 Å². The number of aryl methyl sites for hydroxylation is 1. The minimum absolute atomic E-state index is 0.0101. The smallest absolute Gasteiger partial charge is 0.244 e. The number of thioether (sulfide) groups is 2. The maximum Gasteiger partial charge on any atom is 0.244 e. The lowest BCUT2D eigenvalue weighted by Gasteiger charge is -2.07. The minimum atomic E-state index is 0.0101. The van der Waals surface area contributed by atoms with Gasteiger partial charge >= 0.3 is 0 Å². The van der Waals surface area contributed by atoms with E-state index in [1.165, 1.54) is 23.5 Å². The zero-order valence-electron chi connectivity index (χ0n) is 11.1. The average molecular weight is 293 g/mol. The van der Waals surface area contributed by atoms with Crippen molar-refractivity contribution in [3.63, 3.8) is 0 Å². The van der Waals surface area contributed by atoms with E-state index >= 15 is 0 Å². The number of hydrogen-bond acceptors (Lipinski definition) is 5. The molecule has 0 saturated carbocycles. The van der Waals surface area contributed by atoms with Crippen LogP contribution in [0.4, 0.5) is 0 Å². The van der Waals surface area contributed by atoms with Gasteiger partial charge in [-0.1, -0.05) is 6.07 Å². The highest BCUT2D eigenvalue weighted by atomic mass is 32.2. The third-order valence-corrected chi connectivity index (χ3v) is 4.43. The van der Waals surface area contributed by atoms with Crippen LogP contribution in [0, 0.1) is 6.92 Å². The van der Waals surface area contributed by atoms with E-state index in [9.17, 15) is 4.79 Å². The number of nitrogens with zero attached hydrogens (tertiary/aromatic N) is 1. The van der Waals surface area contributed by atoms with Gasteiger partial charge in [-0.05, 0) is 61.2 Å². The van der Waals surface area contributed by atoms with Crippen LogP contribution in [-0.2, 0) is 4.79 Å². The molecule has 0 unspecified atom stereocenters. The molecule has 0 saturated heterocycles. The highest BCUT2D eigenvalue weighted by Gasteiger charge is 2.21. The molecule has 1 aliphatic rings. The van der Waals surface area contributed by atoms with Gasteiger partial charge in [-0.3, -0.25) is 4.79 Å². The largest absolute Gasteiger partial charge is 0.494 e. The second-order valence-electron chi connectivity index (χ2n) is 3.96. The van der Waals surface area contributed by atoms with Crippen molar-refractivity contribution in [2.45, 2.75) is 13.8 Å². The molecular weight excluding hydrogens is 278 g/mol. The Balaban J connectivity index is 2.26. The van der Waals surface area contributed by atoms with E-state index < -0.39 is 0 Å². The van der Waals surface area contributed by atoms with Crippen molar-refractivity contribution in [2.24, 2.45) is 4.99 Å². The van der Waals surface area contributed by atoms with E-state index in [2.05, 4.69) is 4.99 Å². The van der Waals surface area contributed by atoms with Gasteiger partial charge in [-0.15, -0.1) is 11.8 Å². The van der Waals surface area contributed by atoms with Gasteiger partial charge in [0.25, 0.3) is 0 Å². The highest BCUT2D eigenvalue weighted by Crippen LogP contribution is 2.30. The zero-order chi connectivity index (χ0) is 13.8. The number of benzene rings is 1. The molecule has 1 aromatic rings. The Morgan fingerprint density at radius 3 is 2.84 bits per heavy atom. The summed E-state index contributed by atoms with van der Waals surface area (Å²) in [6.45, 7) is 4.61. The van der Waals surface area contributed by atoms with Gasteiger partial charge in [0.2, 0.25) is 5.12 Å². The normalized spacial score (nSPS) is 16.9. The maximum atomic E-state index is 11.7. The lowest BCUT2D eigenvalue weighted by atomic mass is 10.1. The minimum Gasteiger partial charge on any atom is -0.494 e. The van der Waals surface area contributed by atoms with Gasteiger partial charge in [0.1, 0.15) is 15.8 Å². The van der Waals surface area contributed by atoms with Crippen LogP contribution in [0.3, 0.4) is 0 Å². The van der Waals surface area contributed by atoms with Crippen molar-refractivity contribution >= 4 is 39.1 Å². The molecule has 5 heteroatoms. The van der Waals surface area contributed by atoms with Crippen molar-refractivity contribution in [1.29, 1.82) is 0 Å².